The van der Waals surface area contributed by atoms with Crippen molar-refractivity contribution in [1.29, 1.82) is 0 Å². The zero-order chi connectivity index (χ0) is 18.1. The summed E-state index contributed by atoms with van der Waals surface area (Å²) in [7, 11) is 0. The Morgan fingerprint density at radius 2 is 1.81 bits per heavy atom. The topological polar surface area (TPSA) is 71.3 Å². The molecule has 1 aliphatic carbocycles. The molecule has 4 rings (SSSR count). The van der Waals surface area contributed by atoms with Crippen molar-refractivity contribution in [3.05, 3.63) is 11.6 Å². The SMILES string of the molecule is CC(=O)N1CCc2nnc([C@@H]3CCCN3C(=O)CC3CCCC3)n2CC1. The molecule has 1 atom stereocenters. The number of carbonyl (C=O) groups is 2. The van der Waals surface area contributed by atoms with E-state index in [0.717, 1.165) is 44.0 Å². The van der Waals surface area contributed by atoms with E-state index in [1.54, 1.807) is 6.92 Å². The maximum atomic E-state index is 12.9. The molecule has 3 heterocycles. The van der Waals surface area contributed by atoms with Crippen LogP contribution in [0.2, 0.25) is 0 Å². The molecule has 0 spiro atoms. The molecule has 1 saturated heterocycles. The number of amides is 2. The number of hydrogen-bond acceptors (Lipinski definition) is 4. The molecule has 1 saturated carbocycles. The van der Waals surface area contributed by atoms with Gasteiger partial charge in [-0.3, -0.25) is 9.59 Å². The lowest BCUT2D eigenvalue weighted by Gasteiger charge is -2.26. The highest BCUT2D eigenvalue weighted by Crippen LogP contribution is 2.35. The molecule has 7 heteroatoms. The van der Waals surface area contributed by atoms with Crippen molar-refractivity contribution in [3.8, 4) is 0 Å². The first-order chi connectivity index (χ1) is 12.6. The fourth-order valence-electron chi connectivity index (χ4n) is 4.82. The predicted octanol–water partition coefficient (Wildman–Crippen LogP) is 1.93. The molecule has 3 aliphatic rings. The molecular weight excluding hydrogens is 330 g/mol. The van der Waals surface area contributed by atoms with Crippen LogP contribution < -0.4 is 0 Å². The van der Waals surface area contributed by atoms with Crippen LogP contribution >= 0.6 is 0 Å². The maximum absolute atomic E-state index is 12.9. The zero-order valence-electron chi connectivity index (χ0n) is 15.7. The van der Waals surface area contributed by atoms with Crippen molar-refractivity contribution in [2.24, 2.45) is 5.92 Å². The zero-order valence-corrected chi connectivity index (χ0v) is 15.7. The van der Waals surface area contributed by atoms with E-state index >= 15 is 0 Å². The van der Waals surface area contributed by atoms with Crippen LogP contribution in [-0.4, -0.2) is 56.0 Å². The van der Waals surface area contributed by atoms with Gasteiger partial charge in [0, 0.05) is 45.9 Å². The number of rotatable bonds is 3. The highest BCUT2D eigenvalue weighted by Gasteiger charge is 2.35. The van der Waals surface area contributed by atoms with Crippen LogP contribution in [0, 0.1) is 5.92 Å². The summed E-state index contributed by atoms with van der Waals surface area (Å²) in [6.07, 6.45) is 8.35. The molecule has 0 radical (unpaired) electrons. The fourth-order valence-corrected chi connectivity index (χ4v) is 4.82. The van der Waals surface area contributed by atoms with Crippen LogP contribution in [-0.2, 0) is 22.6 Å². The summed E-state index contributed by atoms with van der Waals surface area (Å²) in [5, 5.41) is 8.86. The number of fused-ring (bicyclic) bond motifs is 1. The lowest BCUT2D eigenvalue weighted by Crippen LogP contribution is -2.34. The highest BCUT2D eigenvalue weighted by molar-refractivity contribution is 5.77. The second kappa shape index (κ2) is 7.37. The molecule has 2 amide bonds. The predicted molar refractivity (Wildman–Crippen MR) is 96.2 cm³/mol. The van der Waals surface area contributed by atoms with Gasteiger partial charge in [0.1, 0.15) is 5.82 Å². The molecule has 0 unspecified atom stereocenters. The minimum absolute atomic E-state index is 0.0500. The van der Waals surface area contributed by atoms with Crippen molar-refractivity contribution in [2.45, 2.75) is 70.9 Å². The monoisotopic (exact) mass is 359 g/mol. The third-order valence-corrected chi connectivity index (χ3v) is 6.31. The van der Waals surface area contributed by atoms with Crippen LogP contribution in [0.25, 0.3) is 0 Å². The van der Waals surface area contributed by atoms with Gasteiger partial charge in [0.05, 0.1) is 6.04 Å². The van der Waals surface area contributed by atoms with Crippen molar-refractivity contribution in [1.82, 2.24) is 24.6 Å². The third-order valence-electron chi connectivity index (χ3n) is 6.31. The first-order valence-corrected chi connectivity index (χ1v) is 10.1. The molecular formula is C19H29N5O2. The normalized spacial score (nSPS) is 24.0. The summed E-state index contributed by atoms with van der Waals surface area (Å²) in [5.74, 6) is 2.83. The van der Waals surface area contributed by atoms with E-state index in [4.69, 9.17) is 0 Å². The van der Waals surface area contributed by atoms with E-state index < -0.39 is 0 Å². The highest BCUT2D eigenvalue weighted by atomic mass is 16.2. The van der Waals surface area contributed by atoms with Gasteiger partial charge in [-0.05, 0) is 31.6 Å². The third kappa shape index (κ3) is 3.35. The Morgan fingerprint density at radius 3 is 2.58 bits per heavy atom. The van der Waals surface area contributed by atoms with Crippen LogP contribution in [0.15, 0.2) is 0 Å². The van der Waals surface area contributed by atoms with Crippen LogP contribution in [0.5, 0.6) is 0 Å². The summed E-state index contributed by atoms with van der Waals surface area (Å²) >= 11 is 0. The van der Waals surface area contributed by atoms with Gasteiger partial charge in [-0.15, -0.1) is 10.2 Å². The second-order valence-corrected chi connectivity index (χ2v) is 7.98. The van der Waals surface area contributed by atoms with Gasteiger partial charge in [-0.1, -0.05) is 12.8 Å². The average molecular weight is 359 g/mol. The van der Waals surface area contributed by atoms with Crippen LogP contribution in [0.4, 0.5) is 0 Å². The molecule has 7 nitrogen and oxygen atoms in total. The second-order valence-electron chi connectivity index (χ2n) is 7.98. The summed E-state index contributed by atoms with van der Waals surface area (Å²) in [6, 6.07) is 0.0500. The Balaban J connectivity index is 1.49. The number of likely N-dealkylation sites (tertiary alicyclic amines) is 1. The number of hydrogen-bond donors (Lipinski definition) is 0. The van der Waals surface area contributed by atoms with E-state index in [2.05, 4.69) is 14.8 Å². The number of nitrogens with zero attached hydrogens (tertiary/aromatic N) is 5. The largest absolute Gasteiger partial charge is 0.341 e. The van der Waals surface area contributed by atoms with E-state index in [0.29, 0.717) is 25.4 Å². The van der Waals surface area contributed by atoms with E-state index in [1.165, 1.54) is 25.7 Å². The molecule has 2 aliphatic heterocycles. The van der Waals surface area contributed by atoms with Gasteiger partial charge in [0.25, 0.3) is 0 Å². The molecule has 142 valence electrons. The Bertz CT molecular complexity index is 679. The molecule has 0 aromatic carbocycles. The number of aromatic nitrogens is 3. The van der Waals surface area contributed by atoms with Crippen molar-refractivity contribution >= 4 is 11.8 Å². The number of carbonyl (C=O) groups excluding carboxylic acids is 2. The van der Waals surface area contributed by atoms with E-state index in [-0.39, 0.29) is 17.9 Å². The summed E-state index contributed by atoms with van der Waals surface area (Å²) in [6.45, 7) is 4.56. The average Bonchev–Trinajstić information content (AvgIpc) is 3.33. The molecule has 2 fully saturated rings. The molecule has 1 aromatic heterocycles. The van der Waals surface area contributed by atoms with Gasteiger partial charge in [-0.25, -0.2) is 0 Å². The lowest BCUT2D eigenvalue weighted by atomic mass is 10.0. The minimum atomic E-state index is 0.0500. The first kappa shape index (κ1) is 17.5. The van der Waals surface area contributed by atoms with Gasteiger partial charge in [0.2, 0.25) is 11.8 Å². The van der Waals surface area contributed by atoms with Gasteiger partial charge in [0.15, 0.2) is 5.82 Å². The molecule has 1 aromatic rings. The standard InChI is InChI=1S/C19H29N5O2/c1-14(25)22-10-8-17-20-21-19(24(17)12-11-22)16-7-4-9-23(16)18(26)13-15-5-2-3-6-15/h15-16H,2-13H2,1H3/t16-/m0/s1. The Morgan fingerprint density at radius 1 is 1.00 bits per heavy atom. The smallest absolute Gasteiger partial charge is 0.223 e. The van der Waals surface area contributed by atoms with Crippen molar-refractivity contribution < 1.29 is 9.59 Å². The Kier molecular flexibility index (Phi) is 4.96. The minimum Gasteiger partial charge on any atom is -0.341 e. The quantitative estimate of drug-likeness (QED) is 0.827. The Hall–Kier alpha value is -1.92. The summed E-state index contributed by atoms with van der Waals surface area (Å²) < 4.78 is 2.16. The van der Waals surface area contributed by atoms with Gasteiger partial charge >= 0.3 is 0 Å². The molecule has 0 bridgehead atoms. The summed E-state index contributed by atoms with van der Waals surface area (Å²) in [4.78, 5) is 28.5. The van der Waals surface area contributed by atoms with Crippen LogP contribution in [0.1, 0.15) is 69.6 Å². The van der Waals surface area contributed by atoms with Gasteiger partial charge < -0.3 is 14.4 Å². The van der Waals surface area contributed by atoms with Crippen LogP contribution in [0.3, 0.4) is 0 Å². The first-order valence-electron chi connectivity index (χ1n) is 10.1. The lowest BCUT2D eigenvalue weighted by molar-refractivity contribution is -0.133. The van der Waals surface area contributed by atoms with Gasteiger partial charge in [-0.2, -0.15) is 0 Å². The fraction of sp³-hybridized carbons (Fsp3) is 0.789. The Labute approximate surface area is 154 Å². The van der Waals surface area contributed by atoms with E-state index in [1.807, 2.05) is 9.80 Å². The van der Waals surface area contributed by atoms with Crippen molar-refractivity contribution in [3.63, 3.8) is 0 Å². The molecule has 0 N–H and O–H groups in total. The van der Waals surface area contributed by atoms with E-state index in [9.17, 15) is 9.59 Å². The molecule has 26 heavy (non-hydrogen) atoms. The van der Waals surface area contributed by atoms with Crippen molar-refractivity contribution in [2.75, 3.05) is 19.6 Å². The maximum Gasteiger partial charge on any atom is 0.223 e. The summed E-state index contributed by atoms with van der Waals surface area (Å²) in [5.41, 5.74) is 0.